The highest BCUT2D eigenvalue weighted by Gasteiger charge is 2.14. The zero-order chi connectivity index (χ0) is 16.3. The zero-order valence-corrected chi connectivity index (χ0v) is 13.3. The van der Waals surface area contributed by atoms with Gasteiger partial charge < -0.3 is 20.1 Å². The third-order valence-corrected chi connectivity index (χ3v) is 3.54. The van der Waals surface area contributed by atoms with Crippen LogP contribution in [0.5, 0.6) is 0 Å². The van der Waals surface area contributed by atoms with Crippen molar-refractivity contribution in [3.05, 3.63) is 30.3 Å². The zero-order valence-electron chi connectivity index (χ0n) is 13.3. The molecule has 0 aromatic heterocycles. The van der Waals surface area contributed by atoms with Crippen molar-refractivity contribution in [2.24, 2.45) is 0 Å². The maximum Gasteiger partial charge on any atom is 0.246 e. The Bertz CT molecular complexity index is 487. The first-order chi connectivity index (χ1) is 11.2. The first-order valence-electron chi connectivity index (χ1n) is 8.05. The summed E-state index contributed by atoms with van der Waals surface area (Å²) in [7, 11) is 0. The molecular formula is C17H24N2O4. The number of rotatable bonds is 8. The van der Waals surface area contributed by atoms with E-state index < -0.39 is 0 Å². The van der Waals surface area contributed by atoms with E-state index in [0.717, 1.165) is 31.6 Å². The van der Waals surface area contributed by atoms with Gasteiger partial charge in [0, 0.05) is 25.3 Å². The van der Waals surface area contributed by atoms with Crippen LogP contribution in [-0.4, -0.2) is 44.3 Å². The Morgan fingerprint density at radius 2 is 2.00 bits per heavy atom. The summed E-state index contributed by atoms with van der Waals surface area (Å²) < 4.78 is 10.9. The molecule has 126 valence electrons. The molecule has 6 heteroatoms. The number of hydrogen-bond acceptors (Lipinski definition) is 4. The Kier molecular flexibility index (Phi) is 7.56. The van der Waals surface area contributed by atoms with Gasteiger partial charge in [0.15, 0.2) is 0 Å². The van der Waals surface area contributed by atoms with Crippen LogP contribution in [0.3, 0.4) is 0 Å². The van der Waals surface area contributed by atoms with Crippen LogP contribution in [0.15, 0.2) is 30.3 Å². The fourth-order valence-corrected chi connectivity index (χ4v) is 2.33. The molecule has 23 heavy (non-hydrogen) atoms. The molecule has 0 aliphatic carbocycles. The summed E-state index contributed by atoms with van der Waals surface area (Å²) >= 11 is 0. The largest absolute Gasteiger partial charge is 0.376 e. The van der Waals surface area contributed by atoms with Crippen molar-refractivity contribution in [3.63, 3.8) is 0 Å². The molecule has 1 aromatic carbocycles. The van der Waals surface area contributed by atoms with Crippen LogP contribution >= 0.6 is 0 Å². The number of para-hydroxylation sites is 1. The Hall–Kier alpha value is -1.92. The van der Waals surface area contributed by atoms with Gasteiger partial charge in [-0.3, -0.25) is 9.59 Å². The van der Waals surface area contributed by atoms with Crippen molar-refractivity contribution >= 4 is 17.5 Å². The van der Waals surface area contributed by atoms with Crippen molar-refractivity contribution in [1.82, 2.24) is 5.32 Å². The fraction of sp³-hybridized carbons (Fsp3) is 0.529. The molecule has 0 unspecified atom stereocenters. The van der Waals surface area contributed by atoms with Crippen LogP contribution in [0.2, 0.25) is 0 Å². The van der Waals surface area contributed by atoms with Gasteiger partial charge in [-0.1, -0.05) is 18.2 Å². The molecule has 1 heterocycles. The van der Waals surface area contributed by atoms with E-state index in [4.69, 9.17) is 9.47 Å². The SMILES string of the molecule is O=C(COC[C@@H]1CCCCO1)NCCC(=O)Nc1ccccc1. The van der Waals surface area contributed by atoms with Crippen molar-refractivity contribution < 1.29 is 19.1 Å². The molecule has 0 bridgehead atoms. The molecule has 0 radical (unpaired) electrons. The maximum absolute atomic E-state index is 11.7. The lowest BCUT2D eigenvalue weighted by Crippen LogP contribution is -2.32. The van der Waals surface area contributed by atoms with Gasteiger partial charge in [0.05, 0.1) is 12.7 Å². The average Bonchev–Trinajstić information content (AvgIpc) is 2.57. The molecule has 6 nitrogen and oxygen atoms in total. The predicted octanol–water partition coefficient (Wildman–Crippen LogP) is 1.72. The van der Waals surface area contributed by atoms with E-state index in [1.807, 2.05) is 30.3 Å². The standard InChI is InChI=1S/C17H24N2O4/c20-16(19-14-6-2-1-3-7-14)9-10-18-17(21)13-22-12-15-8-4-5-11-23-15/h1-3,6-7,15H,4-5,8-13H2,(H,18,21)(H,19,20)/t15-/m0/s1. The second-order valence-corrected chi connectivity index (χ2v) is 5.52. The molecular weight excluding hydrogens is 296 g/mol. The van der Waals surface area contributed by atoms with Gasteiger partial charge in [-0.15, -0.1) is 0 Å². The third-order valence-electron chi connectivity index (χ3n) is 3.54. The van der Waals surface area contributed by atoms with Crippen molar-refractivity contribution in [3.8, 4) is 0 Å². The molecule has 1 aliphatic heterocycles. The summed E-state index contributed by atoms with van der Waals surface area (Å²) in [6.07, 6.45) is 3.57. The minimum absolute atomic E-state index is 0.000163. The second-order valence-electron chi connectivity index (χ2n) is 5.52. The topological polar surface area (TPSA) is 76.7 Å². The summed E-state index contributed by atoms with van der Waals surface area (Å²) in [5.74, 6) is -0.346. The molecule has 1 fully saturated rings. The van der Waals surface area contributed by atoms with E-state index in [2.05, 4.69) is 10.6 Å². The van der Waals surface area contributed by atoms with Crippen LogP contribution < -0.4 is 10.6 Å². The molecule has 1 atom stereocenters. The number of benzene rings is 1. The van der Waals surface area contributed by atoms with E-state index in [1.165, 1.54) is 0 Å². The van der Waals surface area contributed by atoms with E-state index in [1.54, 1.807) is 0 Å². The lowest BCUT2D eigenvalue weighted by atomic mass is 10.1. The van der Waals surface area contributed by atoms with Gasteiger partial charge in [-0.05, 0) is 31.4 Å². The molecule has 1 saturated heterocycles. The van der Waals surface area contributed by atoms with Crippen LogP contribution in [0.4, 0.5) is 5.69 Å². The Morgan fingerprint density at radius 3 is 2.74 bits per heavy atom. The van der Waals surface area contributed by atoms with Crippen LogP contribution in [0.1, 0.15) is 25.7 Å². The second kappa shape index (κ2) is 9.97. The quantitative estimate of drug-likeness (QED) is 0.764. The maximum atomic E-state index is 11.7. The van der Waals surface area contributed by atoms with Crippen molar-refractivity contribution in [2.75, 3.05) is 31.7 Å². The number of carbonyl (C=O) groups is 2. The monoisotopic (exact) mass is 320 g/mol. The Morgan fingerprint density at radius 1 is 1.17 bits per heavy atom. The van der Waals surface area contributed by atoms with Crippen LogP contribution in [0.25, 0.3) is 0 Å². The van der Waals surface area contributed by atoms with Gasteiger partial charge in [-0.2, -0.15) is 0 Å². The number of ether oxygens (including phenoxy) is 2. The van der Waals surface area contributed by atoms with Gasteiger partial charge >= 0.3 is 0 Å². The molecule has 0 saturated carbocycles. The molecule has 2 amide bonds. The summed E-state index contributed by atoms with van der Waals surface area (Å²) in [6, 6.07) is 9.22. The molecule has 2 rings (SSSR count). The molecule has 0 spiro atoms. The number of nitrogens with one attached hydrogen (secondary N) is 2. The lowest BCUT2D eigenvalue weighted by Gasteiger charge is -2.22. The van der Waals surface area contributed by atoms with Gasteiger partial charge in [0.1, 0.15) is 6.61 Å². The third kappa shape index (κ3) is 7.25. The van der Waals surface area contributed by atoms with Crippen LogP contribution in [-0.2, 0) is 19.1 Å². The Balaban J connectivity index is 1.51. The number of amides is 2. The van der Waals surface area contributed by atoms with Crippen molar-refractivity contribution in [2.45, 2.75) is 31.8 Å². The normalized spacial score (nSPS) is 17.5. The lowest BCUT2D eigenvalue weighted by molar-refractivity contribution is -0.127. The number of carbonyl (C=O) groups excluding carboxylic acids is 2. The highest BCUT2D eigenvalue weighted by Crippen LogP contribution is 2.12. The predicted molar refractivity (Wildman–Crippen MR) is 87.1 cm³/mol. The fourth-order valence-electron chi connectivity index (χ4n) is 2.33. The number of anilines is 1. The van der Waals surface area contributed by atoms with E-state index in [0.29, 0.717) is 13.2 Å². The first kappa shape index (κ1) is 17.4. The van der Waals surface area contributed by atoms with Gasteiger partial charge in [0.2, 0.25) is 11.8 Å². The minimum atomic E-state index is -0.215. The van der Waals surface area contributed by atoms with E-state index in [9.17, 15) is 9.59 Å². The number of hydrogen-bond donors (Lipinski definition) is 2. The van der Waals surface area contributed by atoms with Crippen molar-refractivity contribution in [1.29, 1.82) is 0 Å². The molecule has 1 aromatic rings. The smallest absolute Gasteiger partial charge is 0.246 e. The minimum Gasteiger partial charge on any atom is -0.376 e. The highest BCUT2D eigenvalue weighted by molar-refractivity contribution is 5.91. The Labute approximate surface area is 136 Å². The summed E-state index contributed by atoms with van der Waals surface area (Å²) in [4.78, 5) is 23.3. The summed E-state index contributed by atoms with van der Waals surface area (Å²) in [5, 5.41) is 5.44. The average molecular weight is 320 g/mol. The first-order valence-corrected chi connectivity index (χ1v) is 8.05. The molecule has 1 aliphatic rings. The summed E-state index contributed by atoms with van der Waals surface area (Å²) in [6.45, 7) is 1.51. The molecule has 2 N–H and O–H groups in total. The van der Waals surface area contributed by atoms with Gasteiger partial charge in [-0.25, -0.2) is 0 Å². The van der Waals surface area contributed by atoms with Gasteiger partial charge in [0.25, 0.3) is 0 Å². The highest BCUT2D eigenvalue weighted by atomic mass is 16.5. The van der Waals surface area contributed by atoms with Crippen LogP contribution in [0, 0.1) is 0 Å². The summed E-state index contributed by atoms with van der Waals surface area (Å²) in [5.41, 5.74) is 0.750. The van der Waals surface area contributed by atoms with E-state index >= 15 is 0 Å². The van der Waals surface area contributed by atoms with E-state index in [-0.39, 0.29) is 30.9 Å².